The number of allylic oxidation sites excluding steroid dienone is 1. The fourth-order valence-electron chi connectivity index (χ4n) is 2.01. The van der Waals surface area contributed by atoms with Gasteiger partial charge in [0.05, 0.1) is 11.8 Å². The summed E-state index contributed by atoms with van der Waals surface area (Å²) in [5.41, 5.74) is 2.96. The van der Waals surface area contributed by atoms with Gasteiger partial charge in [-0.3, -0.25) is 9.48 Å². The summed E-state index contributed by atoms with van der Waals surface area (Å²) in [4.78, 5) is 12.1. The van der Waals surface area contributed by atoms with Crippen molar-refractivity contribution in [2.75, 3.05) is 0 Å². The van der Waals surface area contributed by atoms with Gasteiger partial charge in [-0.1, -0.05) is 44.2 Å². The molecule has 0 aliphatic heterocycles. The molecule has 0 radical (unpaired) electrons. The van der Waals surface area contributed by atoms with Gasteiger partial charge in [0, 0.05) is 12.2 Å². The maximum absolute atomic E-state index is 12.1. The van der Waals surface area contributed by atoms with E-state index in [1.165, 1.54) is 5.56 Å². The topological polar surface area (TPSA) is 34.9 Å². The van der Waals surface area contributed by atoms with E-state index in [0.717, 1.165) is 5.56 Å². The van der Waals surface area contributed by atoms with Crippen LogP contribution in [0.15, 0.2) is 42.7 Å². The van der Waals surface area contributed by atoms with Crippen molar-refractivity contribution in [3.63, 3.8) is 0 Å². The quantitative estimate of drug-likeness (QED) is 0.598. The van der Waals surface area contributed by atoms with Crippen LogP contribution < -0.4 is 0 Å². The summed E-state index contributed by atoms with van der Waals surface area (Å²) in [6.07, 6.45) is 6.86. The van der Waals surface area contributed by atoms with E-state index < -0.39 is 0 Å². The Balaban J connectivity index is 2.07. The molecule has 0 aliphatic rings. The molecule has 0 saturated heterocycles. The van der Waals surface area contributed by atoms with Gasteiger partial charge in [0.2, 0.25) is 0 Å². The highest BCUT2D eigenvalue weighted by Gasteiger charge is 2.07. The molecule has 0 N–H and O–H groups in total. The Morgan fingerprint density at radius 3 is 2.33 bits per heavy atom. The van der Waals surface area contributed by atoms with E-state index in [1.807, 2.05) is 32.1 Å². The summed E-state index contributed by atoms with van der Waals surface area (Å²) in [6, 6.07) is 8.55. The predicted molar refractivity (Wildman–Crippen MR) is 86.5 cm³/mol. The highest BCUT2D eigenvalue weighted by molar-refractivity contribution is 6.06. The first kappa shape index (κ1) is 15.2. The lowest BCUT2D eigenvalue weighted by Crippen LogP contribution is -2.00. The first-order valence-electron chi connectivity index (χ1n) is 7.34. The molecule has 2 rings (SSSR count). The maximum atomic E-state index is 12.1. The lowest BCUT2D eigenvalue weighted by Gasteiger charge is -2.04. The lowest BCUT2D eigenvalue weighted by molar-refractivity contribution is 0.104. The molecular formula is C18H22N2O. The highest BCUT2D eigenvalue weighted by atomic mass is 16.1. The fourth-order valence-corrected chi connectivity index (χ4v) is 2.01. The fraction of sp³-hybridized carbons (Fsp3) is 0.333. The summed E-state index contributed by atoms with van der Waals surface area (Å²) < 4.78 is 1.79. The van der Waals surface area contributed by atoms with Crippen molar-refractivity contribution < 1.29 is 4.79 Å². The minimum Gasteiger partial charge on any atom is -0.289 e. The SMILES string of the molecule is CC(C)c1ccc(/C=C/C(=O)c2cnn(C(C)C)c2)cc1. The van der Waals surface area contributed by atoms with Crippen LogP contribution in [0.3, 0.4) is 0 Å². The van der Waals surface area contributed by atoms with Crippen molar-refractivity contribution in [2.24, 2.45) is 0 Å². The number of carbonyl (C=O) groups excluding carboxylic acids is 1. The smallest absolute Gasteiger partial charge is 0.189 e. The molecule has 0 unspecified atom stereocenters. The van der Waals surface area contributed by atoms with Crippen LogP contribution in [-0.4, -0.2) is 15.6 Å². The van der Waals surface area contributed by atoms with Gasteiger partial charge in [-0.25, -0.2) is 0 Å². The van der Waals surface area contributed by atoms with E-state index >= 15 is 0 Å². The Hall–Kier alpha value is -2.16. The molecule has 110 valence electrons. The monoisotopic (exact) mass is 282 g/mol. The van der Waals surface area contributed by atoms with Crippen LogP contribution in [0.2, 0.25) is 0 Å². The number of hydrogen-bond donors (Lipinski definition) is 0. The van der Waals surface area contributed by atoms with Gasteiger partial charge in [-0.05, 0) is 37.0 Å². The molecule has 0 spiro atoms. The van der Waals surface area contributed by atoms with Gasteiger partial charge in [0.15, 0.2) is 5.78 Å². The van der Waals surface area contributed by atoms with Crippen LogP contribution in [0.5, 0.6) is 0 Å². The molecule has 0 saturated carbocycles. The van der Waals surface area contributed by atoms with Crippen molar-refractivity contribution in [1.82, 2.24) is 9.78 Å². The van der Waals surface area contributed by atoms with Gasteiger partial charge in [-0.15, -0.1) is 0 Å². The lowest BCUT2D eigenvalue weighted by atomic mass is 10.0. The summed E-state index contributed by atoms with van der Waals surface area (Å²) in [6.45, 7) is 8.41. The first-order chi connectivity index (χ1) is 9.97. The Labute approximate surface area is 126 Å². The first-order valence-corrected chi connectivity index (χ1v) is 7.34. The third kappa shape index (κ3) is 3.91. The van der Waals surface area contributed by atoms with E-state index in [4.69, 9.17) is 0 Å². The van der Waals surface area contributed by atoms with Gasteiger partial charge < -0.3 is 0 Å². The molecule has 0 aliphatic carbocycles. The summed E-state index contributed by atoms with van der Waals surface area (Å²) in [5, 5.41) is 4.18. The number of hydrogen-bond acceptors (Lipinski definition) is 2. The van der Waals surface area contributed by atoms with Crippen molar-refractivity contribution in [3.05, 3.63) is 59.4 Å². The summed E-state index contributed by atoms with van der Waals surface area (Å²) in [7, 11) is 0. The van der Waals surface area contributed by atoms with E-state index in [9.17, 15) is 4.79 Å². The molecule has 1 heterocycles. The second kappa shape index (κ2) is 6.53. The van der Waals surface area contributed by atoms with Gasteiger partial charge in [0.1, 0.15) is 0 Å². The second-order valence-corrected chi connectivity index (χ2v) is 5.82. The zero-order valence-corrected chi connectivity index (χ0v) is 13.1. The standard InChI is InChI=1S/C18H22N2O/c1-13(2)16-8-5-15(6-9-16)7-10-18(21)17-11-19-20(12-17)14(3)4/h5-14H,1-4H3/b10-7+. The van der Waals surface area contributed by atoms with Crippen LogP contribution in [-0.2, 0) is 0 Å². The number of nitrogens with zero attached hydrogens (tertiary/aromatic N) is 2. The Morgan fingerprint density at radius 2 is 1.81 bits per heavy atom. The molecule has 0 atom stereocenters. The molecule has 3 heteroatoms. The maximum Gasteiger partial charge on any atom is 0.189 e. The van der Waals surface area contributed by atoms with Crippen LogP contribution in [0.4, 0.5) is 0 Å². The molecule has 0 amide bonds. The largest absolute Gasteiger partial charge is 0.289 e. The Kier molecular flexibility index (Phi) is 4.73. The van der Waals surface area contributed by atoms with Crippen LogP contribution >= 0.6 is 0 Å². The summed E-state index contributed by atoms with van der Waals surface area (Å²) in [5.74, 6) is 0.501. The van der Waals surface area contributed by atoms with Crippen molar-refractivity contribution in [3.8, 4) is 0 Å². The minimum atomic E-state index is -0.0187. The molecule has 0 bridgehead atoms. The van der Waals surface area contributed by atoms with Crippen LogP contribution in [0.25, 0.3) is 6.08 Å². The van der Waals surface area contributed by atoms with E-state index in [2.05, 4.69) is 31.1 Å². The number of benzene rings is 1. The Bertz CT molecular complexity index is 633. The average molecular weight is 282 g/mol. The number of aromatic nitrogens is 2. The number of rotatable bonds is 5. The van der Waals surface area contributed by atoms with Crippen molar-refractivity contribution >= 4 is 11.9 Å². The van der Waals surface area contributed by atoms with E-state index in [0.29, 0.717) is 11.5 Å². The Morgan fingerprint density at radius 1 is 1.14 bits per heavy atom. The molecular weight excluding hydrogens is 260 g/mol. The predicted octanol–water partition coefficient (Wildman–Crippen LogP) is 4.48. The number of carbonyl (C=O) groups is 1. The van der Waals surface area contributed by atoms with E-state index in [-0.39, 0.29) is 11.8 Å². The van der Waals surface area contributed by atoms with E-state index in [1.54, 1.807) is 23.2 Å². The molecule has 2 aromatic rings. The highest BCUT2D eigenvalue weighted by Crippen LogP contribution is 2.15. The van der Waals surface area contributed by atoms with Crippen LogP contribution in [0.1, 0.15) is 61.1 Å². The zero-order valence-electron chi connectivity index (χ0n) is 13.1. The third-order valence-electron chi connectivity index (χ3n) is 3.45. The molecule has 1 aromatic carbocycles. The van der Waals surface area contributed by atoms with Crippen molar-refractivity contribution in [1.29, 1.82) is 0 Å². The van der Waals surface area contributed by atoms with Gasteiger partial charge in [0.25, 0.3) is 0 Å². The zero-order chi connectivity index (χ0) is 15.4. The van der Waals surface area contributed by atoms with Gasteiger partial charge in [-0.2, -0.15) is 5.10 Å². The number of ketones is 1. The normalized spacial score (nSPS) is 11.7. The third-order valence-corrected chi connectivity index (χ3v) is 3.45. The molecule has 3 nitrogen and oxygen atoms in total. The molecule has 1 aromatic heterocycles. The average Bonchev–Trinajstić information content (AvgIpc) is 2.95. The second-order valence-electron chi connectivity index (χ2n) is 5.82. The summed E-state index contributed by atoms with van der Waals surface area (Å²) >= 11 is 0. The minimum absolute atomic E-state index is 0.0187. The van der Waals surface area contributed by atoms with Crippen LogP contribution in [0, 0.1) is 0 Å². The molecule has 0 fully saturated rings. The van der Waals surface area contributed by atoms with Gasteiger partial charge >= 0.3 is 0 Å². The molecule has 21 heavy (non-hydrogen) atoms. The van der Waals surface area contributed by atoms with Crippen molar-refractivity contribution in [2.45, 2.75) is 39.7 Å².